The summed E-state index contributed by atoms with van der Waals surface area (Å²) in [5.74, 6) is -0.280. The second-order valence-corrected chi connectivity index (χ2v) is 3.53. The first-order valence-corrected chi connectivity index (χ1v) is 5.76. The summed E-state index contributed by atoms with van der Waals surface area (Å²) < 4.78 is 4.95. The van der Waals surface area contributed by atoms with Gasteiger partial charge in [-0.05, 0) is 13.3 Å². The van der Waals surface area contributed by atoms with E-state index < -0.39 is 0 Å². The zero-order chi connectivity index (χ0) is 12.4. The van der Waals surface area contributed by atoms with Crippen LogP contribution in [0.2, 0.25) is 0 Å². The van der Waals surface area contributed by atoms with Gasteiger partial charge in [-0.25, -0.2) is 0 Å². The summed E-state index contributed by atoms with van der Waals surface area (Å²) in [6, 6.07) is -0.265. The van der Waals surface area contributed by atoms with Crippen molar-refractivity contribution in [1.29, 1.82) is 0 Å². The van der Waals surface area contributed by atoms with Crippen molar-refractivity contribution in [2.24, 2.45) is 0 Å². The largest absolute Gasteiger partial charge is 0.465 e. The molecule has 5 nitrogen and oxygen atoms in total. The van der Waals surface area contributed by atoms with Gasteiger partial charge in [-0.15, -0.1) is 0 Å². The first kappa shape index (κ1) is 14.9. The lowest BCUT2D eigenvalue weighted by Crippen LogP contribution is -2.41. The molecule has 0 aliphatic heterocycles. The van der Waals surface area contributed by atoms with Gasteiger partial charge >= 0.3 is 5.97 Å². The Balaban J connectivity index is 3.84. The molecular weight excluding hydrogens is 208 g/mol. The maximum Gasteiger partial charge on any atom is 0.323 e. The van der Waals surface area contributed by atoms with Crippen molar-refractivity contribution in [2.75, 3.05) is 19.7 Å². The maximum atomic E-state index is 11.5. The molecule has 0 rings (SSSR count). The number of ether oxygens (including phenoxy) is 1. The number of carbonyl (C=O) groups is 2. The molecule has 0 bridgehead atoms. The quantitative estimate of drug-likeness (QED) is 0.469. The Hall–Kier alpha value is -1.10. The van der Waals surface area contributed by atoms with Crippen LogP contribution in [0.25, 0.3) is 0 Å². The molecule has 0 fully saturated rings. The molecule has 0 aromatic carbocycles. The van der Waals surface area contributed by atoms with Crippen LogP contribution in [0.5, 0.6) is 0 Å². The van der Waals surface area contributed by atoms with Gasteiger partial charge < -0.3 is 15.4 Å². The van der Waals surface area contributed by atoms with E-state index >= 15 is 0 Å². The Morgan fingerprint density at radius 1 is 1.25 bits per heavy atom. The van der Waals surface area contributed by atoms with Crippen LogP contribution in [0.15, 0.2) is 0 Å². The number of carbonyl (C=O) groups excluding carboxylic acids is 2. The minimum Gasteiger partial charge on any atom is -0.465 e. The summed E-state index contributed by atoms with van der Waals surface area (Å²) >= 11 is 0. The monoisotopic (exact) mass is 230 g/mol. The van der Waals surface area contributed by atoms with Gasteiger partial charge in [-0.3, -0.25) is 9.59 Å². The summed E-state index contributed by atoms with van der Waals surface area (Å²) in [6.45, 7) is 6.76. The van der Waals surface area contributed by atoms with Crippen molar-refractivity contribution in [1.82, 2.24) is 10.6 Å². The minimum absolute atomic E-state index is 0.0648. The van der Waals surface area contributed by atoms with E-state index in [1.807, 2.05) is 6.92 Å². The van der Waals surface area contributed by atoms with Crippen LogP contribution >= 0.6 is 0 Å². The number of hydrogen-bond donors (Lipinski definition) is 2. The number of hydrogen-bond acceptors (Lipinski definition) is 4. The van der Waals surface area contributed by atoms with Gasteiger partial charge in [0.25, 0.3) is 0 Å². The lowest BCUT2D eigenvalue weighted by atomic mass is 10.1. The van der Waals surface area contributed by atoms with Crippen LogP contribution in [0.1, 0.15) is 33.6 Å². The Kier molecular flexibility index (Phi) is 8.52. The van der Waals surface area contributed by atoms with E-state index in [1.54, 1.807) is 6.92 Å². The molecule has 0 saturated heterocycles. The van der Waals surface area contributed by atoms with Gasteiger partial charge in [0.2, 0.25) is 5.91 Å². The average molecular weight is 230 g/mol. The third-order valence-corrected chi connectivity index (χ3v) is 2.04. The van der Waals surface area contributed by atoms with E-state index in [9.17, 15) is 9.59 Å². The summed E-state index contributed by atoms with van der Waals surface area (Å²) in [5, 5.41) is 5.73. The van der Waals surface area contributed by atoms with Crippen molar-refractivity contribution in [3.63, 3.8) is 0 Å². The highest BCUT2D eigenvalue weighted by molar-refractivity contribution is 5.75. The van der Waals surface area contributed by atoms with E-state index in [0.717, 1.165) is 12.8 Å². The second kappa shape index (κ2) is 9.15. The predicted molar refractivity (Wildman–Crippen MR) is 62.0 cm³/mol. The van der Waals surface area contributed by atoms with Crippen molar-refractivity contribution >= 4 is 11.9 Å². The molecule has 94 valence electrons. The number of nitrogens with one attached hydrogen (secondary N) is 2. The molecule has 0 spiro atoms. The highest BCUT2D eigenvalue weighted by Gasteiger charge is 2.17. The van der Waals surface area contributed by atoms with E-state index in [0.29, 0.717) is 19.7 Å². The van der Waals surface area contributed by atoms with E-state index in [4.69, 9.17) is 4.74 Å². The Morgan fingerprint density at radius 2 is 1.94 bits per heavy atom. The van der Waals surface area contributed by atoms with Gasteiger partial charge in [0.15, 0.2) is 0 Å². The van der Waals surface area contributed by atoms with Crippen molar-refractivity contribution < 1.29 is 14.3 Å². The zero-order valence-corrected chi connectivity index (χ0v) is 10.3. The van der Waals surface area contributed by atoms with Crippen LogP contribution in [0.3, 0.4) is 0 Å². The van der Waals surface area contributed by atoms with Gasteiger partial charge in [0, 0.05) is 20.0 Å². The standard InChI is InChI=1S/C11H22N2O3/c1-4-6-10(11(15)16-5-2)13-8-7-12-9(3)14/h10,13H,4-8H2,1-3H3,(H,12,14). The fourth-order valence-electron chi connectivity index (χ4n) is 1.32. The molecule has 16 heavy (non-hydrogen) atoms. The Labute approximate surface area is 96.9 Å². The third-order valence-electron chi connectivity index (χ3n) is 2.04. The molecule has 1 atom stereocenters. The molecule has 2 N–H and O–H groups in total. The average Bonchev–Trinajstić information content (AvgIpc) is 2.22. The summed E-state index contributed by atoms with van der Waals surface area (Å²) in [4.78, 5) is 22.1. The molecular formula is C11H22N2O3. The van der Waals surface area contributed by atoms with Gasteiger partial charge in [-0.2, -0.15) is 0 Å². The molecule has 0 saturated carbocycles. The SMILES string of the molecule is CCCC(NCCNC(C)=O)C(=O)OCC. The second-order valence-electron chi connectivity index (χ2n) is 3.53. The lowest BCUT2D eigenvalue weighted by Gasteiger charge is -2.16. The van der Waals surface area contributed by atoms with Crippen LogP contribution in [-0.2, 0) is 14.3 Å². The highest BCUT2D eigenvalue weighted by atomic mass is 16.5. The summed E-state index contributed by atoms with van der Waals surface area (Å²) in [7, 11) is 0. The minimum atomic E-state index is -0.265. The third kappa shape index (κ3) is 7.23. The van der Waals surface area contributed by atoms with Crippen LogP contribution in [0.4, 0.5) is 0 Å². The fourth-order valence-corrected chi connectivity index (χ4v) is 1.32. The lowest BCUT2D eigenvalue weighted by molar-refractivity contribution is -0.145. The van der Waals surface area contributed by atoms with E-state index in [2.05, 4.69) is 10.6 Å². The zero-order valence-electron chi connectivity index (χ0n) is 10.3. The first-order valence-electron chi connectivity index (χ1n) is 5.76. The first-order chi connectivity index (χ1) is 7.61. The van der Waals surface area contributed by atoms with Crippen molar-refractivity contribution in [3.8, 4) is 0 Å². The van der Waals surface area contributed by atoms with Crippen molar-refractivity contribution in [3.05, 3.63) is 0 Å². The molecule has 0 aliphatic carbocycles. The highest BCUT2D eigenvalue weighted by Crippen LogP contribution is 1.99. The molecule has 0 aliphatic rings. The molecule has 0 aromatic heterocycles. The molecule has 0 heterocycles. The smallest absolute Gasteiger partial charge is 0.323 e. The molecule has 5 heteroatoms. The molecule has 0 aromatic rings. The topological polar surface area (TPSA) is 67.4 Å². The molecule has 0 radical (unpaired) electrons. The number of esters is 1. The van der Waals surface area contributed by atoms with Gasteiger partial charge in [-0.1, -0.05) is 13.3 Å². The summed E-state index contributed by atoms with van der Waals surface area (Å²) in [6.07, 6.45) is 1.66. The number of rotatable bonds is 8. The maximum absolute atomic E-state index is 11.5. The molecule has 1 amide bonds. The van der Waals surface area contributed by atoms with Crippen LogP contribution < -0.4 is 10.6 Å². The van der Waals surface area contributed by atoms with Crippen molar-refractivity contribution in [2.45, 2.75) is 39.7 Å². The number of amides is 1. The Bertz CT molecular complexity index is 219. The van der Waals surface area contributed by atoms with E-state index in [1.165, 1.54) is 6.92 Å². The van der Waals surface area contributed by atoms with Crippen LogP contribution in [-0.4, -0.2) is 37.6 Å². The van der Waals surface area contributed by atoms with Crippen LogP contribution in [0, 0.1) is 0 Å². The van der Waals surface area contributed by atoms with E-state index in [-0.39, 0.29) is 17.9 Å². The molecule has 1 unspecified atom stereocenters. The van der Waals surface area contributed by atoms with Gasteiger partial charge in [0.05, 0.1) is 6.61 Å². The normalized spacial score (nSPS) is 11.9. The summed E-state index contributed by atoms with van der Waals surface area (Å²) in [5.41, 5.74) is 0. The fraction of sp³-hybridized carbons (Fsp3) is 0.818. The Morgan fingerprint density at radius 3 is 2.44 bits per heavy atom. The van der Waals surface area contributed by atoms with Gasteiger partial charge in [0.1, 0.15) is 6.04 Å². The predicted octanol–water partition coefficient (Wildman–Crippen LogP) is 0.444.